The highest BCUT2D eigenvalue weighted by atomic mass is 79.9. The Morgan fingerprint density at radius 2 is 1.81 bits per heavy atom. The van der Waals surface area contributed by atoms with Crippen LogP contribution in [0, 0.1) is 0 Å². The van der Waals surface area contributed by atoms with Crippen LogP contribution in [-0.2, 0) is 5.54 Å². The van der Waals surface area contributed by atoms with Gasteiger partial charge in [0, 0.05) is 10.0 Å². The third-order valence-corrected chi connectivity index (χ3v) is 4.12. The summed E-state index contributed by atoms with van der Waals surface area (Å²) in [5.74, 6) is -0.189. The molecule has 3 nitrogen and oxygen atoms in total. The van der Waals surface area contributed by atoms with Gasteiger partial charge in [-0.05, 0) is 49.7 Å². The summed E-state index contributed by atoms with van der Waals surface area (Å²) in [6.07, 6.45) is 0. The van der Waals surface area contributed by atoms with Crippen molar-refractivity contribution in [2.75, 3.05) is 5.73 Å². The van der Waals surface area contributed by atoms with E-state index in [2.05, 4.69) is 21.2 Å². The Balaban J connectivity index is 2.21. The first-order chi connectivity index (χ1) is 9.79. The van der Waals surface area contributed by atoms with Crippen molar-refractivity contribution in [1.29, 1.82) is 0 Å². The van der Waals surface area contributed by atoms with Crippen LogP contribution in [0.5, 0.6) is 0 Å². The van der Waals surface area contributed by atoms with Crippen molar-refractivity contribution < 1.29 is 4.79 Å². The minimum Gasteiger partial charge on any atom is -0.398 e. The monoisotopic (exact) mass is 366 g/mol. The lowest BCUT2D eigenvalue weighted by Gasteiger charge is -2.27. The molecule has 2 aromatic carbocycles. The van der Waals surface area contributed by atoms with Gasteiger partial charge in [0.05, 0.1) is 16.2 Å². The van der Waals surface area contributed by atoms with E-state index in [-0.39, 0.29) is 5.91 Å². The van der Waals surface area contributed by atoms with Crippen molar-refractivity contribution in [2.45, 2.75) is 19.4 Å². The quantitative estimate of drug-likeness (QED) is 0.792. The summed E-state index contributed by atoms with van der Waals surface area (Å²) in [5, 5.41) is 3.45. The number of hydrogen-bond donors (Lipinski definition) is 2. The Kier molecular flexibility index (Phi) is 4.59. The zero-order chi connectivity index (χ0) is 15.6. The van der Waals surface area contributed by atoms with Crippen molar-refractivity contribution in [3.05, 3.63) is 63.1 Å². The lowest BCUT2D eigenvalue weighted by atomic mass is 9.94. The van der Waals surface area contributed by atoms with E-state index in [1.54, 1.807) is 18.2 Å². The first kappa shape index (κ1) is 15.9. The molecule has 110 valence electrons. The summed E-state index contributed by atoms with van der Waals surface area (Å²) in [6.45, 7) is 3.90. The molecule has 0 saturated heterocycles. The van der Waals surface area contributed by atoms with Gasteiger partial charge in [0.1, 0.15) is 0 Å². The second kappa shape index (κ2) is 6.08. The summed E-state index contributed by atoms with van der Waals surface area (Å²) >= 11 is 9.27. The molecule has 0 aliphatic rings. The van der Waals surface area contributed by atoms with Crippen LogP contribution in [0.25, 0.3) is 0 Å². The molecule has 0 radical (unpaired) electrons. The number of nitrogen functional groups attached to an aromatic ring is 1. The number of nitrogens with one attached hydrogen (secondary N) is 1. The molecule has 0 atom stereocenters. The SMILES string of the molecule is CC(C)(NC(=O)c1ccc(Cl)c(N)c1)c1ccc(Br)cc1. The van der Waals surface area contributed by atoms with Crippen LogP contribution < -0.4 is 11.1 Å². The fourth-order valence-corrected chi connectivity index (χ4v) is 2.36. The van der Waals surface area contributed by atoms with Gasteiger partial charge in [-0.2, -0.15) is 0 Å². The maximum absolute atomic E-state index is 12.3. The second-order valence-corrected chi connectivity index (χ2v) is 6.65. The molecule has 0 spiro atoms. The predicted molar refractivity (Wildman–Crippen MR) is 90.5 cm³/mol. The molecule has 0 aliphatic carbocycles. The topological polar surface area (TPSA) is 55.1 Å². The Hall–Kier alpha value is -1.52. The number of carbonyl (C=O) groups excluding carboxylic acids is 1. The molecule has 0 bridgehead atoms. The average molecular weight is 368 g/mol. The maximum atomic E-state index is 12.3. The van der Waals surface area contributed by atoms with Gasteiger partial charge in [-0.1, -0.05) is 39.7 Å². The molecule has 3 N–H and O–H groups in total. The normalized spacial score (nSPS) is 11.2. The van der Waals surface area contributed by atoms with Crippen LogP contribution in [0.1, 0.15) is 29.8 Å². The fourth-order valence-electron chi connectivity index (χ4n) is 1.98. The molecule has 0 unspecified atom stereocenters. The van der Waals surface area contributed by atoms with Crippen LogP contribution >= 0.6 is 27.5 Å². The van der Waals surface area contributed by atoms with E-state index in [0.29, 0.717) is 16.3 Å². The molecule has 5 heteroatoms. The summed E-state index contributed by atoms with van der Waals surface area (Å²) in [6, 6.07) is 12.7. The van der Waals surface area contributed by atoms with E-state index in [1.165, 1.54) is 0 Å². The van der Waals surface area contributed by atoms with Crippen molar-refractivity contribution in [2.24, 2.45) is 0 Å². The Bertz CT molecular complexity index is 668. The van der Waals surface area contributed by atoms with Gasteiger partial charge in [-0.15, -0.1) is 0 Å². The summed E-state index contributed by atoms with van der Waals surface area (Å²) < 4.78 is 0.999. The number of anilines is 1. The van der Waals surface area contributed by atoms with Gasteiger partial charge in [0.2, 0.25) is 0 Å². The van der Waals surface area contributed by atoms with E-state index < -0.39 is 5.54 Å². The minimum atomic E-state index is -0.494. The number of halogens is 2. The second-order valence-electron chi connectivity index (χ2n) is 5.32. The standard InChI is InChI=1S/C16H16BrClN2O/c1-16(2,11-4-6-12(17)7-5-11)20-15(21)10-3-8-13(18)14(19)9-10/h3-9H,19H2,1-2H3,(H,20,21). The number of benzene rings is 2. The van der Waals surface area contributed by atoms with Crippen molar-refractivity contribution in [3.63, 3.8) is 0 Å². The first-order valence-corrected chi connectivity index (χ1v) is 7.60. The van der Waals surface area contributed by atoms with Crippen LogP contribution in [0.15, 0.2) is 46.9 Å². The zero-order valence-corrected chi connectivity index (χ0v) is 14.1. The van der Waals surface area contributed by atoms with Gasteiger partial charge in [-0.25, -0.2) is 0 Å². The number of carbonyl (C=O) groups is 1. The molecule has 0 saturated carbocycles. The molecular weight excluding hydrogens is 352 g/mol. The lowest BCUT2D eigenvalue weighted by Crippen LogP contribution is -2.41. The number of amides is 1. The van der Waals surface area contributed by atoms with Gasteiger partial charge < -0.3 is 11.1 Å². The van der Waals surface area contributed by atoms with Gasteiger partial charge in [0.25, 0.3) is 5.91 Å². The highest BCUT2D eigenvalue weighted by molar-refractivity contribution is 9.10. The molecule has 0 aliphatic heterocycles. The molecule has 2 aromatic rings. The van der Waals surface area contributed by atoms with Crippen LogP contribution in [0.2, 0.25) is 5.02 Å². The fraction of sp³-hybridized carbons (Fsp3) is 0.188. The lowest BCUT2D eigenvalue weighted by molar-refractivity contribution is 0.0912. The van der Waals surface area contributed by atoms with E-state index in [0.717, 1.165) is 10.0 Å². The zero-order valence-electron chi connectivity index (χ0n) is 11.8. The van der Waals surface area contributed by atoms with Crippen LogP contribution in [-0.4, -0.2) is 5.91 Å². The van der Waals surface area contributed by atoms with Gasteiger partial charge in [0.15, 0.2) is 0 Å². The smallest absolute Gasteiger partial charge is 0.252 e. The highest BCUT2D eigenvalue weighted by Gasteiger charge is 2.23. The summed E-state index contributed by atoms with van der Waals surface area (Å²) in [7, 11) is 0. The van der Waals surface area contributed by atoms with Crippen molar-refractivity contribution >= 4 is 39.1 Å². The van der Waals surface area contributed by atoms with E-state index in [4.69, 9.17) is 17.3 Å². The molecule has 2 rings (SSSR count). The number of nitrogens with two attached hydrogens (primary N) is 1. The number of hydrogen-bond acceptors (Lipinski definition) is 2. The third-order valence-electron chi connectivity index (χ3n) is 3.25. The van der Waals surface area contributed by atoms with Crippen LogP contribution in [0.3, 0.4) is 0 Å². The highest BCUT2D eigenvalue weighted by Crippen LogP contribution is 2.24. The Morgan fingerprint density at radius 3 is 2.38 bits per heavy atom. The molecule has 21 heavy (non-hydrogen) atoms. The summed E-state index contributed by atoms with van der Waals surface area (Å²) in [4.78, 5) is 12.3. The first-order valence-electron chi connectivity index (χ1n) is 6.43. The minimum absolute atomic E-state index is 0.189. The van der Waals surface area contributed by atoms with Crippen molar-refractivity contribution in [3.8, 4) is 0 Å². The predicted octanol–water partition coefficient (Wildman–Crippen LogP) is 4.35. The Morgan fingerprint density at radius 1 is 1.19 bits per heavy atom. The molecule has 0 fully saturated rings. The van der Waals surface area contributed by atoms with Crippen LogP contribution in [0.4, 0.5) is 5.69 Å². The van der Waals surface area contributed by atoms with Gasteiger partial charge >= 0.3 is 0 Å². The largest absolute Gasteiger partial charge is 0.398 e. The molecule has 0 heterocycles. The maximum Gasteiger partial charge on any atom is 0.252 e. The third kappa shape index (κ3) is 3.77. The molecular formula is C16H16BrClN2O. The Labute approximate surface area is 137 Å². The van der Waals surface area contributed by atoms with E-state index in [1.807, 2.05) is 38.1 Å². The van der Waals surface area contributed by atoms with Crippen molar-refractivity contribution in [1.82, 2.24) is 5.32 Å². The van der Waals surface area contributed by atoms with Gasteiger partial charge in [-0.3, -0.25) is 4.79 Å². The molecule has 1 amide bonds. The van der Waals surface area contributed by atoms with E-state index in [9.17, 15) is 4.79 Å². The average Bonchev–Trinajstić information content (AvgIpc) is 2.41. The van der Waals surface area contributed by atoms with E-state index >= 15 is 0 Å². The number of rotatable bonds is 3. The molecule has 0 aromatic heterocycles. The summed E-state index contributed by atoms with van der Waals surface area (Å²) in [5.41, 5.74) is 7.14.